The Morgan fingerprint density at radius 3 is 2.84 bits per heavy atom. The second-order valence-electron chi connectivity index (χ2n) is 3.68. The van der Waals surface area contributed by atoms with E-state index in [2.05, 4.69) is 15.5 Å². The summed E-state index contributed by atoms with van der Waals surface area (Å²) in [7, 11) is 0. The van der Waals surface area contributed by atoms with Gasteiger partial charge in [0.05, 0.1) is 6.21 Å². The number of carbonyl (C=O) groups excluding carboxylic acids is 1. The average molecular weight is 255 g/mol. The number of pyridine rings is 1. The Balaban J connectivity index is 1.75. The van der Waals surface area contributed by atoms with E-state index in [4.69, 9.17) is 4.74 Å². The summed E-state index contributed by atoms with van der Waals surface area (Å²) in [4.78, 5) is 15.4. The molecule has 0 saturated heterocycles. The summed E-state index contributed by atoms with van der Waals surface area (Å²) < 4.78 is 5.27. The molecule has 0 radical (unpaired) electrons. The molecule has 0 atom stereocenters. The second kappa shape index (κ2) is 6.90. The maximum absolute atomic E-state index is 11.4. The highest BCUT2D eigenvalue weighted by molar-refractivity contribution is 5.82. The van der Waals surface area contributed by atoms with Crippen LogP contribution in [0.2, 0.25) is 0 Å². The number of aromatic nitrogens is 1. The number of nitrogens with zero attached hydrogens (tertiary/aromatic N) is 2. The first-order chi connectivity index (χ1) is 9.34. The van der Waals surface area contributed by atoms with Crippen LogP contribution in [-0.4, -0.2) is 23.7 Å². The van der Waals surface area contributed by atoms with Crippen LogP contribution in [0.4, 0.5) is 0 Å². The molecule has 0 spiro atoms. The SMILES string of the molecule is O=C(COc1ccccc1)N/N=C/c1cccnc1. The molecule has 1 aromatic carbocycles. The summed E-state index contributed by atoms with van der Waals surface area (Å²) >= 11 is 0. The lowest BCUT2D eigenvalue weighted by atomic mass is 10.3. The fourth-order valence-corrected chi connectivity index (χ4v) is 1.33. The Kier molecular flexibility index (Phi) is 4.64. The van der Waals surface area contributed by atoms with Gasteiger partial charge < -0.3 is 4.74 Å². The molecule has 5 heteroatoms. The molecule has 19 heavy (non-hydrogen) atoms. The molecule has 1 amide bonds. The number of benzene rings is 1. The van der Waals surface area contributed by atoms with Crippen LogP contribution in [0.25, 0.3) is 0 Å². The summed E-state index contributed by atoms with van der Waals surface area (Å²) in [5.41, 5.74) is 3.19. The zero-order valence-corrected chi connectivity index (χ0v) is 10.2. The van der Waals surface area contributed by atoms with E-state index in [-0.39, 0.29) is 12.5 Å². The van der Waals surface area contributed by atoms with Crippen molar-refractivity contribution in [3.05, 3.63) is 60.4 Å². The van der Waals surface area contributed by atoms with Crippen molar-refractivity contribution in [2.45, 2.75) is 0 Å². The maximum Gasteiger partial charge on any atom is 0.277 e. The van der Waals surface area contributed by atoms with E-state index < -0.39 is 0 Å². The molecule has 0 aliphatic carbocycles. The molecule has 96 valence electrons. The highest BCUT2D eigenvalue weighted by Gasteiger charge is 2.00. The molecule has 2 aromatic rings. The molecule has 1 aromatic heterocycles. The Morgan fingerprint density at radius 2 is 2.11 bits per heavy atom. The van der Waals surface area contributed by atoms with Crippen molar-refractivity contribution in [1.82, 2.24) is 10.4 Å². The Morgan fingerprint density at radius 1 is 1.26 bits per heavy atom. The van der Waals surface area contributed by atoms with Gasteiger partial charge in [-0.25, -0.2) is 5.43 Å². The van der Waals surface area contributed by atoms with Gasteiger partial charge in [0, 0.05) is 18.0 Å². The van der Waals surface area contributed by atoms with E-state index in [0.717, 1.165) is 5.56 Å². The van der Waals surface area contributed by atoms with E-state index in [0.29, 0.717) is 5.75 Å². The van der Waals surface area contributed by atoms with Gasteiger partial charge in [-0.05, 0) is 18.2 Å². The fraction of sp³-hybridized carbons (Fsp3) is 0.0714. The van der Waals surface area contributed by atoms with E-state index in [9.17, 15) is 4.79 Å². The number of nitrogens with one attached hydrogen (secondary N) is 1. The number of ether oxygens (including phenoxy) is 1. The summed E-state index contributed by atoms with van der Waals surface area (Å²) in [6.07, 6.45) is 4.84. The molecule has 0 saturated carbocycles. The van der Waals surface area contributed by atoms with Crippen LogP contribution in [-0.2, 0) is 4.79 Å². The van der Waals surface area contributed by atoms with Gasteiger partial charge in [0.2, 0.25) is 0 Å². The zero-order chi connectivity index (χ0) is 13.3. The van der Waals surface area contributed by atoms with E-state index in [1.54, 1.807) is 30.6 Å². The minimum Gasteiger partial charge on any atom is -0.484 e. The maximum atomic E-state index is 11.4. The van der Waals surface area contributed by atoms with Gasteiger partial charge in [-0.15, -0.1) is 0 Å². The standard InChI is InChI=1S/C14H13N3O2/c18-14(11-19-13-6-2-1-3-7-13)17-16-10-12-5-4-8-15-9-12/h1-10H,11H2,(H,17,18)/b16-10+. The fourth-order valence-electron chi connectivity index (χ4n) is 1.33. The molecular weight excluding hydrogens is 242 g/mol. The molecule has 1 N–H and O–H groups in total. The van der Waals surface area contributed by atoms with Gasteiger partial charge in [0.25, 0.3) is 5.91 Å². The normalized spacial score (nSPS) is 10.3. The van der Waals surface area contributed by atoms with Gasteiger partial charge >= 0.3 is 0 Å². The van der Waals surface area contributed by atoms with E-state index in [1.807, 2.05) is 24.3 Å². The quantitative estimate of drug-likeness (QED) is 0.652. The molecule has 0 fully saturated rings. The lowest BCUT2D eigenvalue weighted by molar-refractivity contribution is -0.123. The minimum absolute atomic E-state index is 0.0750. The van der Waals surface area contributed by atoms with Crippen LogP contribution < -0.4 is 10.2 Å². The third kappa shape index (κ3) is 4.59. The molecule has 0 unspecified atom stereocenters. The van der Waals surface area contributed by atoms with Crippen molar-refractivity contribution in [2.75, 3.05) is 6.61 Å². The number of hydrogen-bond donors (Lipinski definition) is 1. The Labute approximate surface area is 110 Å². The van der Waals surface area contributed by atoms with Crippen LogP contribution in [0.15, 0.2) is 60.0 Å². The summed E-state index contributed by atoms with van der Waals surface area (Å²) in [5.74, 6) is 0.331. The third-order valence-corrected chi connectivity index (χ3v) is 2.20. The van der Waals surface area contributed by atoms with Crippen LogP contribution >= 0.6 is 0 Å². The summed E-state index contributed by atoms with van der Waals surface area (Å²) in [5, 5.41) is 3.81. The third-order valence-electron chi connectivity index (χ3n) is 2.20. The van der Waals surface area contributed by atoms with E-state index >= 15 is 0 Å². The minimum atomic E-state index is -0.316. The van der Waals surface area contributed by atoms with Gasteiger partial charge in [0.1, 0.15) is 5.75 Å². The van der Waals surface area contributed by atoms with Gasteiger partial charge in [-0.1, -0.05) is 24.3 Å². The molecule has 1 heterocycles. The van der Waals surface area contributed by atoms with Crippen molar-refractivity contribution in [2.24, 2.45) is 5.10 Å². The monoisotopic (exact) mass is 255 g/mol. The number of para-hydroxylation sites is 1. The summed E-state index contributed by atoms with van der Waals surface area (Å²) in [6.45, 7) is -0.0750. The number of rotatable bonds is 5. The molecule has 0 aliphatic heterocycles. The van der Waals surface area contributed by atoms with Crippen molar-refractivity contribution in [3.8, 4) is 5.75 Å². The average Bonchev–Trinajstić information content (AvgIpc) is 2.47. The molecular formula is C14H13N3O2. The number of hydrazone groups is 1. The first-order valence-corrected chi connectivity index (χ1v) is 5.74. The highest BCUT2D eigenvalue weighted by atomic mass is 16.5. The Hall–Kier alpha value is -2.69. The zero-order valence-electron chi connectivity index (χ0n) is 10.2. The number of carbonyl (C=O) groups is 1. The summed E-state index contributed by atoms with van der Waals surface area (Å²) in [6, 6.07) is 12.8. The largest absolute Gasteiger partial charge is 0.484 e. The van der Waals surface area contributed by atoms with Gasteiger partial charge in [0.15, 0.2) is 6.61 Å². The topological polar surface area (TPSA) is 63.6 Å². The first-order valence-electron chi connectivity index (χ1n) is 5.74. The smallest absolute Gasteiger partial charge is 0.277 e. The Bertz CT molecular complexity index is 541. The second-order valence-corrected chi connectivity index (χ2v) is 3.68. The van der Waals surface area contributed by atoms with Crippen molar-refractivity contribution < 1.29 is 9.53 Å². The van der Waals surface area contributed by atoms with Crippen LogP contribution in [0.5, 0.6) is 5.75 Å². The van der Waals surface area contributed by atoms with Crippen molar-refractivity contribution >= 4 is 12.1 Å². The lowest BCUT2D eigenvalue weighted by Crippen LogP contribution is -2.24. The van der Waals surface area contributed by atoms with Crippen LogP contribution in [0.3, 0.4) is 0 Å². The predicted molar refractivity (Wildman–Crippen MR) is 71.9 cm³/mol. The van der Waals surface area contributed by atoms with Crippen LogP contribution in [0.1, 0.15) is 5.56 Å². The van der Waals surface area contributed by atoms with Crippen LogP contribution in [0, 0.1) is 0 Å². The highest BCUT2D eigenvalue weighted by Crippen LogP contribution is 2.07. The number of hydrogen-bond acceptors (Lipinski definition) is 4. The van der Waals surface area contributed by atoms with Gasteiger partial charge in [-0.3, -0.25) is 9.78 Å². The molecule has 2 rings (SSSR count). The lowest BCUT2D eigenvalue weighted by Gasteiger charge is -2.03. The number of amides is 1. The van der Waals surface area contributed by atoms with E-state index in [1.165, 1.54) is 6.21 Å². The molecule has 5 nitrogen and oxygen atoms in total. The predicted octanol–water partition coefficient (Wildman–Crippen LogP) is 1.61. The van der Waals surface area contributed by atoms with Gasteiger partial charge in [-0.2, -0.15) is 5.10 Å². The molecule has 0 aliphatic rings. The molecule has 0 bridgehead atoms. The van der Waals surface area contributed by atoms with Crippen molar-refractivity contribution in [1.29, 1.82) is 0 Å². The van der Waals surface area contributed by atoms with Crippen molar-refractivity contribution in [3.63, 3.8) is 0 Å². The first kappa shape index (κ1) is 12.8.